The number of benzene rings is 1. The highest BCUT2D eigenvalue weighted by Gasteiger charge is 2.18. The van der Waals surface area contributed by atoms with E-state index in [0.717, 1.165) is 30.5 Å². The van der Waals surface area contributed by atoms with E-state index < -0.39 is 10.0 Å². The number of aryl methyl sites for hydroxylation is 3. The lowest BCUT2D eigenvalue weighted by molar-refractivity contribution is 0.600. The molecule has 0 aliphatic heterocycles. The molecule has 2 aromatic rings. The Morgan fingerprint density at radius 3 is 2.57 bits per heavy atom. The smallest absolute Gasteiger partial charge is 0.263 e. The molecule has 0 unspecified atom stereocenters. The van der Waals surface area contributed by atoms with E-state index in [1.165, 1.54) is 12.0 Å². The molecule has 1 N–H and O–H groups in total. The zero-order valence-corrected chi connectivity index (χ0v) is 12.8. The minimum atomic E-state index is -3.58. The molecule has 110 valence electrons. The molecular weight excluding hydrogens is 284 g/mol. The Kier molecular flexibility index (Phi) is 3.68. The van der Waals surface area contributed by atoms with Crippen LogP contribution in [0.5, 0.6) is 0 Å². The molecule has 0 radical (unpaired) electrons. The molecular formula is C16H18N2O2S. The third-order valence-corrected chi connectivity index (χ3v) is 5.11. The number of hydrogen-bond donors (Lipinski definition) is 1. The molecule has 0 bridgehead atoms. The van der Waals surface area contributed by atoms with Crippen LogP contribution < -0.4 is 4.72 Å². The van der Waals surface area contributed by atoms with Gasteiger partial charge in [0, 0.05) is 5.69 Å². The predicted octanol–water partition coefficient (Wildman–Crippen LogP) is 3.07. The zero-order chi connectivity index (χ0) is 14.9. The van der Waals surface area contributed by atoms with E-state index in [9.17, 15) is 8.42 Å². The van der Waals surface area contributed by atoms with Gasteiger partial charge in [-0.05, 0) is 68.0 Å². The Morgan fingerprint density at radius 1 is 1.05 bits per heavy atom. The number of hydrogen-bond acceptors (Lipinski definition) is 3. The highest BCUT2D eigenvalue weighted by Crippen LogP contribution is 2.25. The topological polar surface area (TPSA) is 59.1 Å². The second kappa shape index (κ2) is 5.48. The average molecular weight is 302 g/mol. The lowest BCUT2D eigenvalue weighted by atomic mass is 9.92. The Hall–Kier alpha value is -1.88. The molecule has 1 aromatic carbocycles. The normalized spacial score (nSPS) is 14.5. The first-order valence-corrected chi connectivity index (χ1v) is 8.61. The van der Waals surface area contributed by atoms with Crippen LogP contribution in [-0.2, 0) is 22.9 Å². The van der Waals surface area contributed by atoms with Gasteiger partial charge in [-0.2, -0.15) is 0 Å². The van der Waals surface area contributed by atoms with Crippen LogP contribution in [0.25, 0.3) is 0 Å². The summed E-state index contributed by atoms with van der Waals surface area (Å²) in [7, 11) is -3.58. The first kappa shape index (κ1) is 14.1. The summed E-state index contributed by atoms with van der Waals surface area (Å²) in [6.07, 6.45) is 4.32. The van der Waals surface area contributed by atoms with E-state index in [4.69, 9.17) is 0 Å². The van der Waals surface area contributed by atoms with E-state index in [2.05, 4.69) is 9.71 Å². The van der Waals surface area contributed by atoms with Crippen molar-refractivity contribution >= 4 is 15.8 Å². The van der Waals surface area contributed by atoms with Crippen LogP contribution in [0.15, 0.2) is 41.3 Å². The monoisotopic (exact) mass is 302 g/mol. The number of pyridine rings is 1. The van der Waals surface area contributed by atoms with Gasteiger partial charge in [0.2, 0.25) is 0 Å². The Morgan fingerprint density at radius 2 is 1.81 bits per heavy atom. The predicted molar refractivity (Wildman–Crippen MR) is 82.9 cm³/mol. The molecule has 0 atom stereocenters. The largest absolute Gasteiger partial charge is 0.263 e. The van der Waals surface area contributed by atoms with Gasteiger partial charge in [0.1, 0.15) is 5.82 Å². The van der Waals surface area contributed by atoms with Crippen molar-refractivity contribution in [2.24, 2.45) is 0 Å². The van der Waals surface area contributed by atoms with Gasteiger partial charge >= 0.3 is 0 Å². The van der Waals surface area contributed by atoms with Crippen LogP contribution in [0, 0.1) is 6.92 Å². The fourth-order valence-corrected chi connectivity index (χ4v) is 3.72. The highest BCUT2D eigenvalue weighted by molar-refractivity contribution is 7.92. The molecule has 0 spiro atoms. The summed E-state index contributed by atoms with van der Waals surface area (Å²) >= 11 is 0. The standard InChI is InChI=1S/C16H18N2O2S/c1-12-5-4-8-16(17-12)18-21(19,20)15-10-9-13-6-2-3-7-14(13)11-15/h4-5,8-11H,2-3,6-7H2,1H3,(H,17,18). The number of nitrogens with zero attached hydrogens (tertiary/aromatic N) is 1. The van der Waals surface area contributed by atoms with Gasteiger partial charge in [0.15, 0.2) is 0 Å². The van der Waals surface area contributed by atoms with Crippen LogP contribution in [0.3, 0.4) is 0 Å². The molecule has 1 heterocycles. The van der Waals surface area contributed by atoms with E-state index in [1.54, 1.807) is 24.3 Å². The molecule has 0 saturated heterocycles. The van der Waals surface area contributed by atoms with Gasteiger partial charge in [0.25, 0.3) is 10.0 Å². The van der Waals surface area contributed by atoms with Gasteiger partial charge in [-0.1, -0.05) is 12.1 Å². The minimum Gasteiger partial charge on any atom is -0.263 e. The maximum atomic E-state index is 12.4. The third-order valence-electron chi connectivity index (χ3n) is 3.76. The Bertz CT molecular complexity index is 770. The first-order chi connectivity index (χ1) is 10.0. The lowest BCUT2D eigenvalue weighted by Gasteiger charge is -2.17. The van der Waals surface area contributed by atoms with Gasteiger partial charge in [0.05, 0.1) is 4.90 Å². The maximum absolute atomic E-state index is 12.4. The molecule has 4 nitrogen and oxygen atoms in total. The van der Waals surface area contributed by atoms with Crippen LogP contribution >= 0.6 is 0 Å². The van der Waals surface area contributed by atoms with Crippen molar-refractivity contribution in [3.8, 4) is 0 Å². The van der Waals surface area contributed by atoms with Crippen molar-refractivity contribution in [3.63, 3.8) is 0 Å². The van der Waals surface area contributed by atoms with Crippen LogP contribution in [0.1, 0.15) is 29.7 Å². The maximum Gasteiger partial charge on any atom is 0.263 e. The van der Waals surface area contributed by atoms with Crippen molar-refractivity contribution in [1.29, 1.82) is 0 Å². The van der Waals surface area contributed by atoms with E-state index in [-0.39, 0.29) is 0 Å². The molecule has 5 heteroatoms. The number of rotatable bonds is 3. The van der Waals surface area contributed by atoms with Crippen molar-refractivity contribution < 1.29 is 8.42 Å². The van der Waals surface area contributed by atoms with Crippen molar-refractivity contribution in [3.05, 3.63) is 53.2 Å². The number of nitrogens with one attached hydrogen (secondary N) is 1. The summed E-state index contributed by atoms with van der Waals surface area (Å²) in [5.41, 5.74) is 3.20. The summed E-state index contributed by atoms with van der Waals surface area (Å²) in [5.74, 6) is 0.354. The highest BCUT2D eigenvalue weighted by atomic mass is 32.2. The van der Waals surface area contributed by atoms with Crippen LogP contribution in [0.4, 0.5) is 5.82 Å². The molecule has 21 heavy (non-hydrogen) atoms. The van der Waals surface area contributed by atoms with Gasteiger partial charge in [-0.15, -0.1) is 0 Å². The van der Waals surface area contributed by atoms with Crippen LogP contribution in [-0.4, -0.2) is 13.4 Å². The number of fused-ring (bicyclic) bond motifs is 1. The number of anilines is 1. The molecule has 3 rings (SSSR count). The van der Waals surface area contributed by atoms with Crippen molar-refractivity contribution in [2.45, 2.75) is 37.5 Å². The minimum absolute atomic E-state index is 0.312. The molecule has 0 fully saturated rings. The number of aromatic nitrogens is 1. The van der Waals surface area contributed by atoms with E-state index >= 15 is 0 Å². The van der Waals surface area contributed by atoms with E-state index in [0.29, 0.717) is 10.7 Å². The van der Waals surface area contributed by atoms with Gasteiger partial charge < -0.3 is 0 Å². The Balaban J connectivity index is 1.91. The number of sulfonamides is 1. The summed E-state index contributed by atoms with van der Waals surface area (Å²) in [6, 6.07) is 10.7. The quantitative estimate of drug-likeness (QED) is 0.948. The second-order valence-corrected chi connectivity index (χ2v) is 7.09. The van der Waals surface area contributed by atoms with Crippen molar-refractivity contribution in [2.75, 3.05) is 4.72 Å². The molecule has 0 saturated carbocycles. The lowest BCUT2D eigenvalue weighted by Crippen LogP contribution is -2.15. The summed E-state index contributed by atoms with van der Waals surface area (Å²) in [6.45, 7) is 1.83. The Labute approximate surface area is 125 Å². The molecule has 1 aliphatic rings. The molecule has 0 amide bonds. The average Bonchev–Trinajstić information content (AvgIpc) is 2.46. The summed E-state index contributed by atoms with van der Waals surface area (Å²) < 4.78 is 27.4. The zero-order valence-electron chi connectivity index (χ0n) is 12.0. The fraction of sp³-hybridized carbons (Fsp3) is 0.312. The first-order valence-electron chi connectivity index (χ1n) is 7.13. The fourth-order valence-electron chi connectivity index (χ4n) is 2.67. The second-order valence-electron chi connectivity index (χ2n) is 5.41. The van der Waals surface area contributed by atoms with Gasteiger partial charge in [-0.25, -0.2) is 13.4 Å². The van der Waals surface area contributed by atoms with Crippen molar-refractivity contribution in [1.82, 2.24) is 4.98 Å². The van der Waals surface area contributed by atoms with Gasteiger partial charge in [-0.3, -0.25) is 4.72 Å². The summed E-state index contributed by atoms with van der Waals surface area (Å²) in [4.78, 5) is 4.49. The third kappa shape index (κ3) is 3.08. The van der Waals surface area contributed by atoms with E-state index in [1.807, 2.05) is 19.1 Å². The molecule has 1 aliphatic carbocycles. The molecule has 1 aromatic heterocycles. The van der Waals surface area contributed by atoms with Crippen LogP contribution in [0.2, 0.25) is 0 Å². The summed E-state index contributed by atoms with van der Waals surface area (Å²) in [5, 5.41) is 0. The SMILES string of the molecule is Cc1cccc(NS(=O)(=O)c2ccc3c(c2)CCCC3)n1.